The zero-order chi connectivity index (χ0) is 27.6. The number of hydrogen-bond donors (Lipinski definition) is 1. The van der Waals surface area contributed by atoms with Gasteiger partial charge in [-0.25, -0.2) is 4.79 Å². The molecule has 3 aliphatic rings. The number of carbonyl (C=O) groups is 2. The number of Topliss-reactive ketones (excluding diaryl/α,β-unsaturated/α-hetero) is 1. The molecule has 0 spiro atoms. The van der Waals surface area contributed by atoms with Crippen molar-refractivity contribution in [2.75, 3.05) is 20.3 Å². The van der Waals surface area contributed by atoms with Crippen molar-refractivity contribution in [2.45, 2.75) is 65.1 Å². The normalized spacial score (nSPS) is 22.3. The Balaban J connectivity index is 1.49. The lowest BCUT2D eigenvalue weighted by atomic mass is 9.68. The van der Waals surface area contributed by atoms with Crippen molar-refractivity contribution in [2.24, 2.45) is 5.41 Å². The maximum absolute atomic E-state index is 13.6. The van der Waals surface area contributed by atoms with Crippen molar-refractivity contribution < 1.29 is 28.5 Å². The zero-order valence-corrected chi connectivity index (χ0v) is 23.2. The van der Waals surface area contributed by atoms with E-state index in [0.717, 1.165) is 36.1 Å². The van der Waals surface area contributed by atoms with Crippen LogP contribution in [-0.2, 0) is 25.7 Å². The van der Waals surface area contributed by atoms with Gasteiger partial charge in [-0.05, 0) is 54.9 Å². The summed E-state index contributed by atoms with van der Waals surface area (Å²) in [6.45, 7) is 7.35. The fourth-order valence-corrected chi connectivity index (χ4v) is 5.78. The molecule has 2 atom stereocenters. The Bertz CT molecular complexity index is 1300. The highest BCUT2D eigenvalue weighted by Crippen LogP contribution is 2.48. The van der Waals surface area contributed by atoms with Gasteiger partial charge in [0.2, 0.25) is 0 Å². The molecule has 0 aromatic heterocycles. The molecule has 5 rings (SSSR count). The number of allylic oxidation sites excluding steroid dienone is 3. The topological polar surface area (TPSA) is 83.1 Å². The number of carbonyl (C=O) groups excluding carboxylic acids is 2. The number of methoxy groups -OCH3 is 1. The molecule has 2 aromatic rings. The summed E-state index contributed by atoms with van der Waals surface area (Å²) in [7, 11) is 1.59. The Morgan fingerprint density at radius 1 is 1.10 bits per heavy atom. The fourth-order valence-electron chi connectivity index (χ4n) is 5.78. The Hall–Kier alpha value is -3.58. The van der Waals surface area contributed by atoms with E-state index in [-0.39, 0.29) is 23.9 Å². The van der Waals surface area contributed by atoms with Gasteiger partial charge in [0, 0.05) is 35.9 Å². The van der Waals surface area contributed by atoms with E-state index in [1.54, 1.807) is 7.11 Å². The number of nitrogens with one attached hydrogen (secondary N) is 1. The van der Waals surface area contributed by atoms with E-state index < -0.39 is 11.9 Å². The Kier molecular flexibility index (Phi) is 7.80. The largest absolute Gasteiger partial charge is 0.493 e. The second-order valence-corrected chi connectivity index (χ2v) is 11.3. The van der Waals surface area contributed by atoms with Crippen molar-refractivity contribution in [3.8, 4) is 11.5 Å². The smallest absolute Gasteiger partial charge is 0.336 e. The van der Waals surface area contributed by atoms with Gasteiger partial charge in [0.05, 0.1) is 18.8 Å². The van der Waals surface area contributed by atoms with Crippen LogP contribution in [0.2, 0.25) is 0 Å². The summed E-state index contributed by atoms with van der Waals surface area (Å²) in [5, 5.41) is 3.39. The Labute approximate surface area is 230 Å². The molecule has 2 aliphatic heterocycles. The third kappa shape index (κ3) is 5.88. The summed E-state index contributed by atoms with van der Waals surface area (Å²) in [6, 6.07) is 15.5. The number of hydrogen-bond acceptors (Lipinski definition) is 7. The van der Waals surface area contributed by atoms with E-state index in [1.807, 2.05) is 55.5 Å². The third-order valence-corrected chi connectivity index (χ3v) is 7.64. The Morgan fingerprint density at radius 2 is 1.90 bits per heavy atom. The predicted octanol–water partition coefficient (Wildman–Crippen LogP) is 5.60. The first-order valence-corrected chi connectivity index (χ1v) is 13.6. The number of rotatable bonds is 8. The Morgan fingerprint density at radius 3 is 2.62 bits per heavy atom. The average molecular weight is 532 g/mol. The average Bonchev–Trinajstić information content (AvgIpc) is 3.43. The highest BCUT2D eigenvalue weighted by atomic mass is 16.6. The maximum atomic E-state index is 13.6. The number of ether oxygens (including phenoxy) is 4. The highest BCUT2D eigenvalue weighted by molar-refractivity contribution is 6.04. The molecule has 206 valence electrons. The molecule has 0 bridgehead atoms. The first kappa shape index (κ1) is 27.0. The quantitative estimate of drug-likeness (QED) is 0.444. The summed E-state index contributed by atoms with van der Waals surface area (Å²) < 4.78 is 23.2. The molecular weight excluding hydrogens is 494 g/mol. The van der Waals surface area contributed by atoms with Crippen LogP contribution >= 0.6 is 0 Å². The molecule has 1 aliphatic carbocycles. The monoisotopic (exact) mass is 531 g/mol. The molecule has 0 radical (unpaired) electrons. The van der Waals surface area contributed by atoms with Crippen LogP contribution in [0.1, 0.15) is 63.5 Å². The number of dihydropyridines is 1. The standard InChI is InChI=1S/C32H37NO6/c1-20-28(31(35)39-19-23-11-8-14-37-23)29(30-24(33-20)16-32(2,3)17-25(30)34)22-12-13-26(27(15-22)36-4)38-18-21-9-6-5-7-10-21/h5-7,9-10,12-13,15,23,29,33H,8,11,14,16-19H2,1-4H3. The molecule has 1 saturated heterocycles. The van der Waals surface area contributed by atoms with Crippen molar-refractivity contribution in [3.05, 3.63) is 82.2 Å². The van der Waals surface area contributed by atoms with Crippen LogP contribution in [0.4, 0.5) is 0 Å². The van der Waals surface area contributed by atoms with E-state index in [2.05, 4.69) is 19.2 Å². The third-order valence-electron chi connectivity index (χ3n) is 7.64. The second-order valence-electron chi connectivity index (χ2n) is 11.3. The zero-order valence-electron chi connectivity index (χ0n) is 23.2. The van der Waals surface area contributed by atoms with Crippen molar-refractivity contribution in [3.63, 3.8) is 0 Å². The summed E-state index contributed by atoms with van der Waals surface area (Å²) >= 11 is 0. The van der Waals surface area contributed by atoms with Gasteiger partial charge in [0.25, 0.3) is 0 Å². The number of benzene rings is 2. The lowest BCUT2D eigenvalue weighted by molar-refractivity contribution is -0.142. The molecule has 2 heterocycles. The summed E-state index contributed by atoms with van der Waals surface area (Å²) in [5.74, 6) is 0.163. The molecular formula is C32H37NO6. The van der Waals surface area contributed by atoms with Gasteiger partial charge in [-0.2, -0.15) is 0 Å². The van der Waals surface area contributed by atoms with E-state index in [0.29, 0.717) is 48.0 Å². The predicted molar refractivity (Wildman–Crippen MR) is 147 cm³/mol. The van der Waals surface area contributed by atoms with Gasteiger partial charge in [-0.15, -0.1) is 0 Å². The van der Waals surface area contributed by atoms with Crippen LogP contribution in [0.25, 0.3) is 0 Å². The number of ketones is 1. The molecule has 0 amide bonds. The summed E-state index contributed by atoms with van der Waals surface area (Å²) in [5.41, 5.74) is 4.30. The molecule has 7 nitrogen and oxygen atoms in total. The van der Waals surface area contributed by atoms with Crippen LogP contribution in [0.5, 0.6) is 11.5 Å². The van der Waals surface area contributed by atoms with Crippen molar-refractivity contribution in [1.29, 1.82) is 0 Å². The van der Waals surface area contributed by atoms with Crippen LogP contribution in [-0.4, -0.2) is 38.2 Å². The van der Waals surface area contributed by atoms with E-state index >= 15 is 0 Å². The van der Waals surface area contributed by atoms with Gasteiger partial charge in [0.15, 0.2) is 17.3 Å². The molecule has 1 fully saturated rings. The van der Waals surface area contributed by atoms with Crippen LogP contribution < -0.4 is 14.8 Å². The molecule has 1 N–H and O–H groups in total. The SMILES string of the molecule is COc1cc(C2C(C(=O)OCC3CCCO3)=C(C)NC3=C2C(=O)CC(C)(C)C3)ccc1OCc1ccccc1. The lowest BCUT2D eigenvalue weighted by Crippen LogP contribution is -2.39. The molecule has 0 saturated carbocycles. The van der Waals surface area contributed by atoms with Crippen molar-refractivity contribution >= 4 is 11.8 Å². The molecule has 2 unspecified atom stereocenters. The van der Waals surface area contributed by atoms with Gasteiger partial charge >= 0.3 is 5.97 Å². The minimum Gasteiger partial charge on any atom is -0.493 e. The first-order chi connectivity index (χ1) is 18.8. The summed E-state index contributed by atoms with van der Waals surface area (Å²) in [4.78, 5) is 27.2. The van der Waals surface area contributed by atoms with Crippen LogP contribution in [0.15, 0.2) is 71.1 Å². The lowest BCUT2D eigenvalue weighted by Gasteiger charge is -2.39. The van der Waals surface area contributed by atoms with Gasteiger partial charge in [0.1, 0.15) is 13.2 Å². The van der Waals surface area contributed by atoms with E-state index in [1.165, 1.54) is 0 Å². The van der Waals surface area contributed by atoms with Gasteiger partial charge in [-0.1, -0.05) is 50.2 Å². The fraction of sp³-hybridized carbons (Fsp3) is 0.438. The van der Waals surface area contributed by atoms with Crippen LogP contribution in [0.3, 0.4) is 0 Å². The van der Waals surface area contributed by atoms with Crippen LogP contribution in [0, 0.1) is 5.41 Å². The molecule has 2 aromatic carbocycles. The first-order valence-electron chi connectivity index (χ1n) is 13.6. The van der Waals surface area contributed by atoms with Crippen molar-refractivity contribution in [1.82, 2.24) is 5.32 Å². The van der Waals surface area contributed by atoms with Gasteiger partial charge in [-0.3, -0.25) is 4.79 Å². The molecule has 7 heteroatoms. The second kappa shape index (κ2) is 11.3. The highest BCUT2D eigenvalue weighted by Gasteiger charge is 2.43. The summed E-state index contributed by atoms with van der Waals surface area (Å²) in [6.07, 6.45) is 2.88. The van der Waals surface area contributed by atoms with E-state index in [9.17, 15) is 9.59 Å². The minimum absolute atomic E-state index is 0.0408. The van der Waals surface area contributed by atoms with Gasteiger partial charge < -0.3 is 24.3 Å². The van der Waals surface area contributed by atoms with E-state index in [4.69, 9.17) is 18.9 Å². The maximum Gasteiger partial charge on any atom is 0.336 e. The molecule has 39 heavy (non-hydrogen) atoms. The number of esters is 1. The minimum atomic E-state index is -0.570.